The van der Waals surface area contributed by atoms with Gasteiger partial charge in [0.1, 0.15) is 5.75 Å². The van der Waals surface area contributed by atoms with Crippen LogP contribution in [0.2, 0.25) is 0 Å². The number of hydrogen-bond donors (Lipinski definition) is 1. The number of piperazine rings is 1. The van der Waals surface area contributed by atoms with Gasteiger partial charge in [0.2, 0.25) is 11.5 Å². The Bertz CT molecular complexity index is 710. The lowest BCUT2D eigenvalue weighted by Crippen LogP contribution is -2.51. The minimum atomic E-state index is -0.346. The SMILES string of the molecule is Nc1nonc1C(=O)N1CCN(C(=O)COc2ccccc2)CC1. The lowest BCUT2D eigenvalue weighted by molar-refractivity contribution is -0.134. The van der Waals surface area contributed by atoms with Crippen molar-refractivity contribution in [3.8, 4) is 5.75 Å². The maximum atomic E-state index is 12.2. The number of nitrogens with zero attached hydrogens (tertiary/aromatic N) is 4. The number of carbonyl (C=O) groups is 2. The summed E-state index contributed by atoms with van der Waals surface area (Å²) < 4.78 is 9.89. The molecular formula is C15H17N5O4. The van der Waals surface area contributed by atoms with E-state index in [1.54, 1.807) is 21.9 Å². The van der Waals surface area contributed by atoms with Crippen LogP contribution >= 0.6 is 0 Å². The largest absolute Gasteiger partial charge is 0.484 e. The molecule has 0 saturated carbocycles. The molecule has 126 valence electrons. The summed E-state index contributed by atoms with van der Waals surface area (Å²) in [5.41, 5.74) is 5.52. The quantitative estimate of drug-likeness (QED) is 0.839. The third kappa shape index (κ3) is 3.45. The van der Waals surface area contributed by atoms with Crippen LogP contribution in [0.15, 0.2) is 35.0 Å². The first-order valence-corrected chi connectivity index (χ1v) is 7.48. The molecule has 1 aliphatic heterocycles. The number of carbonyl (C=O) groups excluding carboxylic acids is 2. The van der Waals surface area contributed by atoms with Crippen LogP contribution in [0.25, 0.3) is 0 Å². The van der Waals surface area contributed by atoms with Gasteiger partial charge in [-0.2, -0.15) is 0 Å². The van der Waals surface area contributed by atoms with Gasteiger partial charge in [-0.25, -0.2) is 4.63 Å². The van der Waals surface area contributed by atoms with Gasteiger partial charge in [-0.3, -0.25) is 9.59 Å². The number of anilines is 1. The van der Waals surface area contributed by atoms with E-state index in [0.717, 1.165) is 0 Å². The normalized spacial score (nSPS) is 14.5. The van der Waals surface area contributed by atoms with Crippen molar-refractivity contribution in [2.75, 3.05) is 38.5 Å². The van der Waals surface area contributed by atoms with Crippen molar-refractivity contribution in [3.05, 3.63) is 36.0 Å². The van der Waals surface area contributed by atoms with Crippen molar-refractivity contribution in [1.29, 1.82) is 0 Å². The summed E-state index contributed by atoms with van der Waals surface area (Å²) in [5.74, 6) is 0.151. The fraction of sp³-hybridized carbons (Fsp3) is 0.333. The summed E-state index contributed by atoms with van der Waals surface area (Å²) in [5, 5.41) is 6.90. The topological polar surface area (TPSA) is 115 Å². The van der Waals surface area contributed by atoms with E-state index in [-0.39, 0.29) is 29.9 Å². The second-order valence-corrected chi connectivity index (χ2v) is 5.27. The summed E-state index contributed by atoms with van der Waals surface area (Å²) in [7, 11) is 0. The predicted molar refractivity (Wildman–Crippen MR) is 83.1 cm³/mol. The first-order valence-electron chi connectivity index (χ1n) is 7.48. The molecule has 0 bridgehead atoms. The summed E-state index contributed by atoms with van der Waals surface area (Å²) in [6.45, 7) is 1.60. The smallest absolute Gasteiger partial charge is 0.280 e. The van der Waals surface area contributed by atoms with Crippen LogP contribution < -0.4 is 10.5 Å². The molecule has 2 N–H and O–H groups in total. The summed E-state index contributed by atoms with van der Waals surface area (Å²) in [6.07, 6.45) is 0. The molecule has 1 aromatic carbocycles. The molecule has 2 amide bonds. The molecule has 0 unspecified atom stereocenters. The van der Waals surface area contributed by atoms with Crippen molar-refractivity contribution in [3.63, 3.8) is 0 Å². The number of nitrogens with two attached hydrogens (primary N) is 1. The molecule has 0 aliphatic carbocycles. The molecule has 0 atom stereocenters. The fourth-order valence-corrected chi connectivity index (χ4v) is 2.41. The van der Waals surface area contributed by atoms with E-state index in [9.17, 15) is 9.59 Å². The maximum Gasteiger partial charge on any atom is 0.280 e. The van der Waals surface area contributed by atoms with Gasteiger partial charge in [0.05, 0.1) is 0 Å². The van der Waals surface area contributed by atoms with Crippen LogP contribution in [0, 0.1) is 0 Å². The van der Waals surface area contributed by atoms with Gasteiger partial charge < -0.3 is 20.3 Å². The van der Waals surface area contributed by atoms with Crippen LogP contribution in [0.4, 0.5) is 5.82 Å². The highest BCUT2D eigenvalue weighted by molar-refractivity contribution is 5.96. The second-order valence-electron chi connectivity index (χ2n) is 5.27. The van der Waals surface area contributed by atoms with Crippen molar-refractivity contribution in [2.45, 2.75) is 0 Å². The Kier molecular flexibility index (Phi) is 4.59. The number of aromatic nitrogens is 2. The lowest BCUT2D eigenvalue weighted by Gasteiger charge is -2.34. The van der Waals surface area contributed by atoms with Crippen molar-refractivity contribution < 1.29 is 19.0 Å². The molecule has 0 radical (unpaired) electrons. The third-order valence-electron chi connectivity index (χ3n) is 3.74. The Morgan fingerprint density at radius 2 is 1.75 bits per heavy atom. The van der Waals surface area contributed by atoms with Crippen LogP contribution in [0.1, 0.15) is 10.5 Å². The molecule has 9 heteroatoms. The van der Waals surface area contributed by atoms with E-state index in [2.05, 4.69) is 14.9 Å². The molecule has 1 aromatic heterocycles. The fourth-order valence-electron chi connectivity index (χ4n) is 2.41. The first-order chi connectivity index (χ1) is 11.6. The van der Waals surface area contributed by atoms with E-state index < -0.39 is 0 Å². The Morgan fingerprint density at radius 3 is 2.38 bits per heavy atom. The Balaban J connectivity index is 1.49. The van der Waals surface area contributed by atoms with E-state index >= 15 is 0 Å². The average molecular weight is 331 g/mol. The summed E-state index contributed by atoms with van der Waals surface area (Å²) >= 11 is 0. The van der Waals surface area contributed by atoms with E-state index in [0.29, 0.717) is 31.9 Å². The number of ether oxygens (including phenoxy) is 1. The van der Waals surface area contributed by atoms with Crippen LogP contribution in [-0.4, -0.2) is 64.7 Å². The minimum Gasteiger partial charge on any atom is -0.484 e. The minimum absolute atomic E-state index is 0.00203. The van der Waals surface area contributed by atoms with Crippen molar-refractivity contribution >= 4 is 17.6 Å². The number of rotatable bonds is 4. The highest BCUT2D eigenvalue weighted by atomic mass is 16.6. The van der Waals surface area contributed by atoms with E-state index in [1.165, 1.54) is 0 Å². The van der Waals surface area contributed by atoms with Gasteiger partial charge in [-0.05, 0) is 22.4 Å². The second kappa shape index (κ2) is 6.99. The lowest BCUT2D eigenvalue weighted by atomic mass is 10.2. The molecule has 1 fully saturated rings. The third-order valence-corrected chi connectivity index (χ3v) is 3.74. The van der Waals surface area contributed by atoms with Gasteiger partial charge in [0.25, 0.3) is 11.8 Å². The molecule has 1 aliphatic rings. The zero-order chi connectivity index (χ0) is 16.9. The van der Waals surface area contributed by atoms with Gasteiger partial charge in [-0.1, -0.05) is 18.2 Å². The summed E-state index contributed by atoms with van der Waals surface area (Å²) in [6, 6.07) is 9.14. The van der Waals surface area contributed by atoms with Crippen LogP contribution in [-0.2, 0) is 4.79 Å². The molecule has 1 saturated heterocycles. The Morgan fingerprint density at radius 1 is 1.08 bits per heavy atom. The number of hydrogen-bond acceptors (Lipinski definition) is 7. The Labute approximate surface area is 137 Å². The van der Waals surface area contributed by atoms with Crippen molar-refractivity contribution in [1.82, 2.24) is 20.1 Å². The molecule has 24 heavy (non-hydrogen) atoms. The van der Waals surface area contributed by atoms with Gasteiger partial charge in [-0.15, -0.1) is 0 Å². The maximum absolute atomic E-state index is 12.2. The van der Waals surface area contributed by atoms with E-state index in [4.69, 9.17) is 10.5 Å². The predicted octanol–water partition coefficient (Wildman–Crippen LogP) is 0.0152. The molecule has 3 rings (SSSR count). The monoisotopic (exact) mass is 331 g/mol. The number of benzene rings is 1. The molecule has 0 spiro atoms. The highest BCUT2D eigenvalue weighted by Gasteiger charge is 2.28. The Hall–Kier alpha value is -3.10. The number of para-hydroxylation sites is 1. The number of nitrogen functional groups attached to an aromatic ring is 1. The van der Waals surface area contributed by atoms with Gasteiger partial charge in [0, 0.05) is 26.2 Å². The van der Waals surface area contributed by atoms with Crippen LogP contribution in [0.5, 0.6) is 5.75 Å². The first kappa shape index (κ1) is 15.8. The molecule has 2 aromatic rings. The summed E-state index contributed by atoms with van der Waals surface area (Å²) in [4.78, 5) is 27.6. The van der Waals surface area contributed by atoms with Crippen LogP contribution in [0.3, 0.4) is 0 Å². The zero-order valence-corrected chi connectivity index (χ0v) is 12.9. The van der Waals surface area contributed by atoms with Gasteiger partial charge in [0.15, 0.2) is 6.61 Å². The highest BCUT2D eigenvalue weighted by Crippen LogP contribution is 2.12. The average Bonchev–Trinajstić information content (AvgIpc) is 3.06. The molecular weight excluding hydrogens is 314 g/mol. The van der Waals surface area contributed by atoms with E-state index in [1.807, 2.05) is 18.2 Å². The van der Waals surface area contributed by atoms with Gasteiger partial charge >= 0.3 is 0 Å². The molecule has 9 nitrogen and oxygen atoms in total. The number of amides is 2. The zero-order valence-electron chi connectivity index (χ0n) is 12.9. The molecule has 2 heterocycles. The van der Waals surface area contributed by atoms with Crippen molar-refractivity contribution in [2.24, 2.45) is 0 Å². The standard InChI is InChI=1S/C15H17N5O4/c16-14-13(17-24-18-14)15(22)20-8-6-19(7-9-20)12(21)10-23-11-4-2-1-3-5-11/h1-5H,6-10H2,(H2,16,18).